The first-order valence-corrected chi connectivity index (χ1v) is 38.6. The number of amides is 1. The monoisotopic (exact) mass is 1180 g/mol. The van der Waals surface area contributed by atoms with Crippen LogP contribution in [-0.2, 0) is 14.3 Å². The van der Waals surface area contributed by atoms with E-state index in [-0.39, 0.29) is 18.5 Å². The highest BCUT2D eigenvalue weighted by molar-refractivity contribution is 5.76. The molecule has 2 atom stereocenters. The fourth-order valence-electron chi connectivity index (χ4n) is 12.3. The molecule has 84 heavy (non-hydrogen) atoms. The van der Waals surface area contributed by atoms with Crippen LogP contribution < -0.4 is 5.32 Å². The van der Waals surface area contributed by atoms with Gasteiger partial charge in [0, 0.05) is 12.8 Å². The van der Waals surface area contributed by atoms with Gasteiger partial charge in [-0.25, -0.2) is 0 Å². The second-order valence-corrected chi connectivity index (χ2v) is 26.7. The molecule has 0 heterocycles. The van der Waals surface area contributed by atoms with Gasteiger partial charge in [-0.15, -0.1) is 0 Å². The first-order chi connectivity index (χ1) is 41.5. The maximum atomic E-state index is 12.5. The van der Waals surface area contributed by atoms with Crippen molar-refractivity contribution >= 4 is 11.9 Å². The van der Waals surface area contributed by atoms with E-state index < -0.39 is 12.1 Å². The molecule has 498 valence electrons. The Kier molecular flexibility index (Phi) is 72.3. The Morgan fingerprint density at radius 2 is 0.571 bits per heavy atom. The third kappa shape index (κ3) is 69.4. The molecule has 2 unspecified atom stereocenters. The summed E-state index contributed by atoms with van der Waals surface area (Å²) in [6.07, 6.45) is 94.5. The fraction of sp³-hybridized carbons (Fsp3) is 0.923. The number of carbonyl (C=O) groups excluding carboxylic acids is 2. The number of rotatable bonds is 73. The summed E-state index contributed by atoms with van der Waals surface area (Å²) < 4.78 is 5.47. The lowest BCUT2D eigenvalue weighted by Gasteiger charge is -2.20. The molecule has 0 aliphatic heterocycles. The van der Waals surface area contributed by atoms with Crippen LogP contribution >= 0.6 is 0 Å². The number of allylic oxidation sites excluding steroid dienone is 3. The van der Waals surface area contributed by atoms with Crippen LogP contribution in [0.1, 0.15) is 438 Å². The van der Waals surface area contributed by atoms with Crippen molar-refractivity contribution in [1.82, 2.24) is 5.32 Å². The van der Waals surface area contributed by atoms with Crippen molar-refractivity contribution in [2.24, 2.45) is 0 Å². The Bertz CT molecular complexity index is 1320. The van der Waals surface area contributed by atoms with Crippen molar-refractivity contribution in [3.05, 3.63) is 24.3 Å². The number of aliphatic hydroxyl groups is 2. The number of ether oxygens (including phenoxy) is 1. The summed E-state index contributed by atoms with van der Waals surface area (Å²) in [6, 6.07) is -0.623. The molecular formula is C78H151NO5. The van der Waals surface area contributed by atoms with Gasteiger partial charge in [0.25, 0.3) is 0 Å². The topological polar surface area (TPSA) is 95.9 Å². The van der Waals surface area contributed by atoms with Gasteiger partial charge < -0.3 is 20.3 Å². The van der Waals surface area contributed by atoms with Crippen LogP contribution in [0.5, 0.6) is 0 Å². The minimum atomic E-state index is -0.840. The van der Waals surface area contributed by atoms with Crippen LogP contribution in [0.4, 0.5) is 0 Å². The molecule has 6 heteroatoms. The molecular weight excluding hydrogens is 1030 g/mol. The van der Waals surface area contributed by atoms with Crippen LogP contribution in [-0.4, -0.2) is 47.4 Å². The van der Waals surface area contributed by atoms with E-state index >= 15 is 0 Å². The van der Waals surface area contributed by atoms with E-state index in [2.05, 4.69) is 31.3 Å². The Labute approximate surface area is 526 Å². The van der Waals surface area contributed by atoms with E-state index in [1.165, 1.54) is 366 Å². The summed E-state index contributed by atoms with van der Waals surface area (Å²) >= 11 is 0. The Morgan fingerprint density at radius 3 is 0.881 bits per heavy atom. The minimum absolute atomic E-state index is 0.0133. The molecule has 0 radical (unpaired) electrons. The number of hydrogen-bond acceptors (Lipinski definition) is 5. The third-order valence-corrected chi connectivity index (χ3v) is 18.2. The minimum Gasteiger partial charge on any atom is -0.466 e. The second-order valence-electron chi connectivity index (χ2n) is 26.7. The standard InChI is InChI=1S/C78H151NO5/c1-3-5-7-9-11-13-15-16-17-41-44-47-51-54-58-62-66-70-76(81)75(74-80)79-77(82)71-67-63-59-55-52-48-45-42-39-37-35-33-31-29-27-25-23-21-19-18-20-22-24-26-28-30-32-34-36-38-40-43-46-49-53-57-61-65-69-73-84-78(83)72-68-64-60-56-50-14-12-10-8-6-4-2/h10,12,66,70,75-76,80-81H,3-9,11,13-65,67-69,71-74H2,1-2H3,(H,79,82)/b12-10-,70-66+. The van der Waals surface area contributed by atoms with Gasteiger partial charge in [-0.3, -0.25) is 9.59 Å². The van der Waals surface area contributed by atoms with E-state index in [4.69, 9.17) is 4.74 Å². The highest BCUT2D eigenvalue weighted by atomic mass is 16.5. The maximum absolute atomic E-state index is 12.5. The van der Waals surface area contributed by atoms with E-state index in [0.29, 0.717) is 19.4 Å². The number of hydrogen-bond donors (Lipinski definition) is 3. The van der Waals surface area contributed by atoms with E-state index in [1.54, 1.807) is 6.08 Å². The summed E-state index contributed by atoms with van der Waals surface area (Å²) in [5.41, 5.74) is 0. The maximum Gasteiger partial charge on any atom is 0.305 e. The predicted molar refractivity (Wildman–Crippen MR) is 370 cm³/mol. The van der Waals surface area contributed by atoms with Crippen molar-refractivity contribution in [3.63, 3.8) is 0 Å². The first kappa shape index (κ1) is 82.3. The predicted octanol–water partition coefficient (Wildman–Crippen LogP) is 25.3. The van der Waals surface area contributed by atoms with Crippen LogP contribution in [0.25, 0.3) is 0 Å². The van der Waals surface area contributed by atoms with Crippen LogP contribution in [0, 0.1) is 0 Å². The molecule has 0 saturated carbocycles. The Hall–Kier alpha value is -1.66. The SMILES string of the molecule is CCCC/C=C\CCCCCCCC(=O)OCCCCCCCCCCCCCCCCCCCCCCCCCCCCCCCCCCCCCCCCCC(=O)NC(CO)C(O)/C=C/CCCCCCCCCCCCCCCCC. The average Bonchev–Trinajstić information content (AvgIpc) is 3.51. The quantitative estimate of drug-likeness (QED) is 0.0320. The van der Waals surface area contributed by atoms with Crippen molar-refractivity contribution in [2.45, 2.75) is 450 Å². The highest BCUT2D eigenvalue weighted by Gasteiger charge is 2.18. The zero-order valence-corrected chi connectivity index (χ0v) is 57.2. The van der Waals surface area contributed by atoms with Gasteiger partial charge in [-0.2, -0.15) is 0 Å². The lowest BCUT2D eigenvalue weighted by molar-refractivity contribution is -0.143. The van der Waals surface area contributed by atoms with Crippen molar-refractivity contribution < 1.29 is 24.5 Å². The fourth-order valence-corrected chi connectivity index (χ4v) is 12.3. The molecule has 0 aliphatic carbocycles. The largest absolute Gasteiger partial charge is 0.466 e. The Morgan fingerprint density at radius 1 is 0.321 bits per heavy atom. The normalized spacial score (nSPS) is 12.6. The summed E-state index contributed by atoms with van der Waals surface area (Å²) in [7, 11) is 0. The molecule has 3 N–H and O–H groups in total. The van der Waals surface area contributed by atoms with Gasteiger partial charge in [0.15, 0.2) is 0 Å². The van der Waals surface area contributed by atoms with Gasteiger partial charge in [0.1, 0.15) is 0 Å². The van der Waals surface area contributed by atoms with Gasteiger partial charge in [0.2, 0.25) is 5.91 Å². The molecule has 0 aromatic rings. The number of aliphatic hydroxyl groups excluding tert-OH is 2. The molecule has 6 nitrogen and oxygen atoms in total. The molecule has 0 bridgehead atoms. The first-order valence-electron chi connectivity index (χ1n) is 38.6. The molecule has 0 rings (SSSR count). The summed E-state index contributed by atoms with van der Waals surface area (Å²) in [5, 5.41) is 23.2. The lowest BCUT2D eigenvalue weighted by Crippen LogP contribution is -2.45. The molecule has 0 fully saturated rings. The Balaban J connectivity index is 3.31. The highest BCUT2D eigenvalue weighted by Crippen LogP contribution is 2.20. The smallest absolute Gasteiger partial charge is 0.305 e. The van der Waals surface area contributed by atoms with Gasteiger partial charge in [-0.1, -0.05) is 398 Å². The zero-order valence-electron chi connectivity index (χ0n) is 57.2. The van der Waals surface area contributed by atoms with Gasteiger partial charge in [-0.05, 0) is 51.4 Å². The van der Waals surface area contributed by atoms with E-state index in [9.17, 15) is 19.8 Å². The number of unbranched alkanes of at least 4 members (excludes halogenated alkanes) is 60. The average molecular weight is 1180 g/mol. The van der Waals surface area contributed by atoms with Crippen molar-refractivity contribution in [1.29, 1.82) is 0 Å². The van der Waals surface area contributed by atoms with Crippen LogP contribution in [0.2, 0.25) is 0 Å². The van der Waals surface area contributed by atoms with E-state index in [0.717, 1.165) is 44.9 Å². The molecule has 0 aromatic heterocycles. The molecule has 0 aromatic carbocycles. The van der Waals surface area contributed by atoms with Gasteiger partial charge >= 0.3 is 5.97 Å². The summed E-state index contributed by atoms with van der Waals surface area (Å²) in [5.74, 6) is -0.0448. The zero-order chi connectivity index (χ0) is 60.6. The van der Waals surface area contributed by atoms with Crippen molar-refractivity contribution in [2.75, 3.05) is 13.2 Å². The second kappa shape index (κ2) is 73.8. The third-order valence-electron chi connectivity index (χ3n) is 18.2. The van der Waals surface area contributed by atoms with Crippen LogP contribution in [0.3, 0.4) is 0 Å². The number of nitrogens with one attached hydrogen (secondary N) is 1. The lowest BCUT2D eigenvalue weighted by atomic mass is 10.0. The number of carbonyl (C=O) groups is 2. The van der Waals surface area contributed by atoms with Crippen LogP contribution in [0.15, 0.2) is 24.3 Å². The molecule has 0 saturated heterocycles. The number of esters is 1. The summed E-state index contributed by atoms with van der Waals surface area (Å²) in [6.45, 7) is 4.91. The molecule has 0 aliphatic rings. The molecule has 1 amide bonds. The summed E-state index contributed by atoms with van der Waals surface area (Å²) in [4.78, 5) is 24.5. The molecule has 0 spiro atoms. The van der Waals surface area contributed by atoms with Crippen molar-refractivity contribution in [3.8, 4) is 0 Å². The van der Waals surface area contributed by atoms with Gasteiger partial charge in [0.05, 0.1) is 25.4 Å². The van der Waals surface area contributed by atoms with E-state index in [1.807, 2.05) is 6.08 Å².